The van der Waals surface area contributed by atoms with Gasteiger partial charge in [-0.05, 0) is 43.2 Å². The van der Waals surface area contributed by atoms with Crippen LogP contribution < -0.4 is 0 Å². The molecule has 0 unspecified atom stereocenters. The van der Waals surface area contributed by atoms with E-state index in [2.05, 4.69) is 0 Å². The van der Waals surface area contributed by atoms with Gasteiger partial charge >= 0.3 is 10.1 Å². The van der Waals surface area contributed by atoms with Gasteiger partial charge in [0.1, 0.15) is 0 Å². The fourth-order valence-electron chi connectivity index (χ4n) is 2.04. The highest BCUT2D eigenvalue weighted by Gasteiger charge is 2.21. The summed E-state index contributed by atoms with van der Waals surface area (Å²) in [5, 5.41) is 0. The molecule has 114 valence electrons. The Morgan fingerprint density at radius 2 is 1.62 bits per heavy atom. The summed E-state index contributed by atoms with van der Waals surface area (Å²) in [6, 6.07) is 6.14. The van der Waals surface area contributed by atoms with E-state index >= 15 is 0 Å². The van der Waals surface area contributed by atoms with Crippen LogP contribution in [0.4, 0.5) is 0 Å². The van der Waals surface area contributed by atoms with Crippen LogP contribution in [0.15, 0.2) is 33.4 Å². The Morgan fingerprint density at radius 1 is 1.00 bits per heavy atom. The van der Waals surface area contributed by atoms with E-state index in [1.54, 1.807) is 26.0 Å². The molecule has 0 radical (unpaired) electrons. The van der Waals surface area contributed by atoms with Crippen LogP contribution in [0, 0.1) is 13.8 Å². The van der Waals surface area contributed by atoms with Crippen molar-refractivity contribution in [1.29, 1.82) is 0 Å². The van der Waals surface area contributed by atoms with Crippen molar-refractivity contribution in [3.8, 4) is 11.1 Å². The molecule has 2 aromatic rings. The maximum Gasteiger partial charge on any atom is 0.304 e. The van der Waals surface area contributed by atoms with E-state index in [9.17, 15) is 21.4 Å². The smallest absolute Gasteiger partial charge is 0.281 e. The molecule has 0 atom stereocenters. The van der Waals surface area contributed by atoms with Crippen molar-refractivity contribution in [3.05, 3.63) is 34.7 Å². The topological polar surface area (TPSA) is 88.5 Å². The zero-order chi connectivity index (χ0) is 16.0. The van der Waals surface area contributed by atoms with Crippen LogP contribution >= 0.6 is 11.3 Å². The molecule has 0 saturated carbocycles. The number of thiophene rings is 1. The highest BCUT2D eigenvalue weighted by atomic mass is 32.3. The van der Waals surface area contributed by atoms with Gasteiger partial charge in [0.2, 0.25) is 0 Å². The van der Waals surface area contributed by atoms with Crippen molar-refractivity contribution in [2.45, 2.75) is 23.0 Å². The van der Waals surface area contributed by atoms with Crippen molar-refractivity contribution in [2.75, 3.05) is 6.26 Å². The number of aryl methyl sites for hydroxylation is 2. The van der Waals surface area contributed by atoms with Crippen molar-refractivity contribution >= 4 is 31.3 Å². The Bertz CT molecular complexity index is 905. The first-order chi connectivity index (χ1) is 9.50. The molecule has 0 saturated heterocycles. The second kappa shape index (κ2) is 5.20. The predicted octanol–water partition coefficient (Wildman–Crippen LogP) is 2.68. The van der Waals surface area contributed by atoms with Gasteiger partial charge in [-0.15, -0.1) is 11.3 Å². The van der Waals surface area contributed by atoms with Gasteiger partial charge in [-0.1, -0.05) is 6.07 Å². The van der Waals surface area contributed by atoms with Crippen LogP contribution in [0.2, 0.25) is 0 Å². The number of benzene rings is 1. The summed E-state index contributed by atoms with van der Waals surface area (Å²) in [6.45, 7) is 3.44. The van der Waals surface area contributed by atoms with Gasteiger partial charge in [-0.3, -0.25) is 4.55 Å². The molecule has 5 nitrogen and oxygen atoms in total. The number of rotatable bonds is 3. The first-order valence-electron chi connectivity index (χ1n) is 5.89. The molecule has 0 aliphatic carbocycles. The molecule has 1 aromatic heterocycles. The molecular formula is C13H14O5S3. The lowest BCUT2D eigenvalue weighted by molar-refractivity contribution is 0.486. The van der Waals surface area contributed by atoms with Crippen molar-refractivity contribution in [1.82, 2.24) is 0 Å². The summed E-state index contributed by atoms with van der Waals surface area (Å²) >= 11 is 0.978. The van der Waals surface area contributed by atoms with Crippen molar-refractivity contribution < 1.29 is 21.4 Å². The minimum absolute atomic E-state index is 0.129. The predicted molar refractivity (Wildman–Crippen MR) is 82.2 cm³/mol. The van der Waals surface area contributed by atoms with Crippen LogP contribution in [0.3, 0.4) is 0 Å². The van der Waals surface area contributed by atoms with Crippen LogP contribution in [0.5, 0.6) is 0 Å². The third-order valence-corrected chi connectivity index (χ3v) is 6.50. The standard InChI is InChI=1S/C13H14O5S3/c1-8-6-10(20(3,14)15)4-5-11(8)12-7-9(2)19-13(12)21(16,17)18/h4-7H,1-3H3,(H,16,17,18). The van der Waals surface area contributed by atoms with Crippen molar-refractivity contribution in [3.63, 3.8) is 0 Å². The van der Waals surface area contributed by atoms with Gasteiger partial charge in [0.05, 0.1) is 4.90 Å². The van der Waals surface area contributed by atoms with Gasteiger partial charge in [0.15, 0.2) is 14.0 Å². The third kappa shape index (κ3) is 3.34. The quantitative estimate of drug-likeness (QED) is 0.863. The maximum atomic E-state index is 11.5. The Balaban J connectivity index is 2.70. The molecule has 21 heavy (non-hydrogen) atoms. The highest BCUT2D eigenvalue weighted by molar-refractivity contribution is 7.90. The lowest BCUT2D eigenvalue weighted by Gasteiger charge is -2.08. The summed E-state index contributed by atoms with van der Waals surface area (Å²) in [4.78, 5) is 0.910. The third-order valence-electron chi connectivity index (χ3n) is 2.97. The molecule has 0 amide bonds. The lowest BCUT2D eigenvalue weighted by Crippen LogP contribution is -2.00. The molecule has 0 fully saturated rings. The Kier molecular flexibility index (Phi) is 4.00. The minimum Gasteiger partial charge on any atom is -0.281 e. The molecule has 2 rings (SSSR count). The molecular weight excluding hydrogens is 332 g/mol. The summed E-state index contributed by atoms with van der Waals surface area (Å²) < 4.78 is 55.1. The largest absolute Gasteiger partial charge is 0.304 e. The monoisotopic (exact) mass is 346 g/mol. The van der Waals surface area contributed by atoms with Crippen LogP contribution in [-0.2, 0) is 20.0 Å². The molecule has 1 heterocycles. The summed E-state index contributed by atoms with van der Waals surface area (Å²) in [6.07, 6.45) is 1.11. The minimum atomic E-state index is -4.32. The van der Waals surface area contributed by atoms with Gasteiger partial charge < -0.3 is 0 Å². The Hall–Kier alpha value is -1.22. The average Bonchev–Trinajstić information content (AvgIpc) is 2.69. The van der Waals surface area contributed by atoms with E-state index in [1.807, 2.05) is 0 Å². The molecule has 0 aliphatic heterocycles. The molecule has 1 N–H and O–H groups in total. The molecule has 0 aliphatic rings. The van der Waals surface area contributed by atoms with E-state index in [0.29, 0.717) is 16.7 Å². The van der Waals surface area contributed by atoms with Gasteiger partial charge in [-0.25, -0.2) is 8.42 Å². The molecule has 0 bridgehead atoms. The number of sulfone groups is 1. The summed E-state index contributed by atoms with van der Waals surface area (Å²) in [5.74, 6) is 0. The molecule has 1 aromatic carbocycles. The fraction of sp³-hybridized carbons (Fsp3) is 0.231. The van der Waals surface area contributed by atoms with E-state index in [1.165, 1.54) is 12.1 Å². The summed E-state index contributed by atoms with van der Waals surface area (Å²) in [7, 11) is -7.64. The Morgan fingerprint density at radius 3 is 2.10 bits per heavy atom. The van der Waals surface area contributed by atoms with Crippen LogP contribution in [0.1, 0.15) is 10.4 Å². The Labute approximate surface area is 127 Å². The van der Waals surface area contributed by atoms with Gasteiger partial charge in [-0.2, -0.15) is 8.42 Å². The SMILES string of the molecule is Cc1cc(-c2ccc(S(C)(=O)=O)cc2C)c(S(=O)(=O)O)s1. The summed E-state index contributed by atoms with van der Waals surface area (Å²) in [5.41, 5.74) is 1.59. The van der Waals surface area contributed by atoms with E-state index in [0.717, 1.165) is 22.5 Å². The van der Waals surface area contributed by atoms with Gasteiger partial charge in [0, 0.05) is 16.7 Å². The zero-order valence-electron chi connectivity index (χ0n) is 11.6. The van der Waals surface area contributed by atoms with Crippen LogP contribution in [-0.4, -0.2) is 27.6 Å². The number of hydrogen-bond donors (Lipinski definition) is 1. The maximum absolute atomic E-state index is 11.5. The normalized spacial score (nSPS) is 12.6. The molecule has 0 spiro atoms. The second-order valence-corrected chi connectivity index (χ2v) is 9.67. The lowest BCUT2D eigenvalue weighted by atomic mass is 10.0. The fourth-order valence-corrected chi connectivity index (χ4v) is 4.76. The number of hydrogen-bond acceptors (Lipinski definition) is 5. The first-order valence-corrected chi connectivity index (χ1v) is 10.0. The highest BCUT2D eigenvalue weighted by Crippen LogP contribution is 2.36. The van der Waals surface area contributed by atoms with Gasteiger partial charge in [0.25, 0.3) is 0 Å². The second-order valence-electron chi connectivity index (χ2n) is 4.78. The van der Waals surface area contributed by atoms with E-state index < -0.39 is 20.0 Å². The van der Waals surface area contributed by atoms with E-state index in [4.69, 9.17) is 0 Å². The van der Waals surface area contributed by atoms with E-state index in [-0.39, 0.29) is 9.10 Å². The van der Waals surface area contributed by atoms with Crippen molar-refractivity contribution in [2.24, 2.45) is 0 Å². The molecule has 8 heteroatoms. The zero-order valence-corrected chi connectivity index (χ0v) is 14.1. The first kappa shape index (κ1) is 16.2. The van der Waals surface area contributed by atoms with Crippen LogP contribution in [0.25, 0.3) is 11.1 Å². The average molecular weight is 346 g/mol.